The third kappa shape index (κ3) is 6.37. The second kappa shape index (κ2) is 11.9. The molecule has 0 aliphatic carbocycles. The van der Waals surface area contributed by atoms with Gasteiger partial charge in [-0.05, 0) is 79.1 Å². The number of nitrogens with zero attached hydrogens (tertiary/aromatic N) is 3. The molecule has 3 N–H and O–H groups in total. The van der Waals surface area contributed by atoms with Crippen molar-refractivity contribution < 1.29 is 28.2 Å². The van der Waals surface area contributed by atoms with Gasteiger partial charge in [-0.3, -0.25) is 4.79 Å². The van der Waals surface area contributed by atoms with Gasteiger partial charge in [0.25, 0.3) is 5.91 Å². The van der Waals surface area contributed by atoms with Gasteiger partial charge in [-0.1, -0.05) is 23.7 Å². The summed E-state index contributed by atoms with van der Waals surface area (Å²) >= 11 is 5.98. The number of anilines is 2. The number of amides is 1. The molecule has 0 aliphatic rings. The largest absolute Gasteiger partial charge is 0.496 e. The number of carbonyl (C=O) groups excluding carboxylic acids is 1. The molecule has 43 heavy (non-hydrogen) atoms. The lowest BCUT2D eigenvalue weighted by molar-refractivity contribution is 0.0783. The van der Waals surface area contributed by atoms with Crippen LogP contribution in [0.1, 0.15) is 35.3 Å². The Bertz CT molecular complexity index is 1840. The van der Waals surface area contributed by atoms with Crippen molar-refractivity contribution in [2.75, 3.05) is 19.5 Å². The zero-order valence-electron chi connectivity index (χ0n) is 23.7. The van der Waals surface area contributed by atoms with Crippen molar-refractivity contribution in [2.45, 2.75) is 26.0 Å². The van der Waals surface area contributed by atoms with Gasteiger partial charge in [-0.2, -0.15) is 4.98 Å². The fourth-order valence-corrected chi connectivity index (χ4v) is 4.65. The maximum Gasteiger partial charge on any atom is 0.255 e. The molecule has 0 unspecified atom stereocenters. The van der Waals surface area contributed by atoms with Crippen LogP contribution < -0.4 is 20.1 Å². The SMILES string of the molecule is COc1cc(C(C)(C)O)ccc1Nc1nc2ccc(-c3ccc(C(=O)NCc4cc(F)c(F)cc4Cl)c(OC)c3)cn2n1. The van der Waals surface area contributed by atoms with E-state index in [9.17, 15) is 18.7 Å². The summed E-state index contributed by atoms with van der Waals surface area (Å²) in [6, 6.07) is 15.9. The van der Waals surface area contributed by atoms with Gasteiger partial charge in [-0.15, -0.1) is 5.10 Å². The number of methoxy groups -OCH3 is 2. The van der Waals surface area contributed by atoms with Crippen LogP contribution in [0.15, 0.2) is 66.9 Å². The van der Waals surface area contributed by atoms with Crippen molar-refractivity contribution in [3.63, 3.8) is 0 Å². The first kappa shape index (κ1) is 29.7. The highest BCUT2D eigenvalue weighted by Crippen LogP contribution is 2.33. The summed E-state index contributed by atoms with van der Waals surface area (Å²) in [6.07, 6.45) is 1.79. The van der Waals surface area contributed by atoms with Crippen molar-refractivity contribution in [1.29, 1.82) is 0 Å². The molecule has 0 bridgehead atoms. The number of benzene rings is 3. The molecule has 5 rings (SSSR count). The minimum Gasteiger partial charge on any atom is -0.496 e. The summed E-state index contributed by atoms with van der Waals surface area (Å²) in [6.45, 7) is 3.29. The van der Waals surface area contributed by atoms with Gasteiger partial charge < -0.3 is 25.2 Å². The van der Waals surface area contributed by atoms with Crippen LogP contribution in [0.2, 0.25) is 5.02 Å². The number of rotatable bonds is 9. The number of halogens is 3. The Kier molecular flexibility index (Phi) is 8.21. The monoisotopic (exact) mass is 607 g/mol. The predicted octanol–water partition coefficient (Wildman–Crippen LogP) is 6.25. The number of nitrogens with one attached hydrogen (secondary N) is 2. The molecule has 3 aromatic carbocycles. The number of ether oxygens (including phenoxy) is 2. The van der Waals surface area contributed by atoms with Gasteiger partial charge >= 0.3 is 0 Å². The number of fused-ring (bicyclic) bond motifs is 1. The lowest BCUT2D eigenvalue weighted by Crippen LogP contribution is -2.23. The lowest BCUT2D eigenvalue weighted by atomic mass is 9.98. The van der Waals surface area contributed by atoms with E-state index in [4.69, 9.17) is 21.1 Å². The molecule has 222 valence electrons. The maximum atomic E-state index is 13.6. The Balaban J connectivity index is 1.35. The topological polar surface area (TPSA) is 110 Å². The quantitative estimate of drug-likeness (QED) is 0.170. The van der Waals surface area contributed by atoms with Crippen molar-refractivity contribution in [2.24, 2.45) is 0 Å². The maximum absolute atomic E-state index is 13.6. The second-order valence-electron chi connectivity index (χ2n) is 10.2. The molecule has 1 amide bonds. The van der Waals surface area contributed by atoms with E-state index in [1.165, 1.54) is 7.11 Å². The molecule has 0 radical (unpaired) electrons. The Morgan fingerprint density at radius 1 is 0.977 bits per heavy atom. The third-order valence-corrected chi connectivity index (χ3v) is 7.15. The molecule has 0 saturated heterocycles. The highest BCUT2D eigenvalue weighted by atomic mass is 35.5. The highest BCUT2D eigenvalue weighted by molar-refractivity contribution is 6.31. The summed E-state index contributed by atoms with van der Waals surface area (Å²) in [5.74, 6) is -1.40. The molecule has 0 atom stereocenters. The number of hydrogen-bond donors (Lipinski definition) is 3. The van der Waals surface area contributed by atoms with Crippen LogP contribution in [0.4, 0.5) is 20.4 Å². The minimum atomic E-state index is -1.06. The smallest absolute Gasteiger partial charge is 0.255 e. The molecule has 12 heteroatoms. The molecule has 5 aromatic rings. The number of aliphatic hydroxyl groups is 1. The van der Waals surface area contributed by atoms with Crippen LogP contribution in [0, 0.1) is 11.6 Å². The van der Waals surface area contributed by atoms with Gasteiger partial charge in [0, 0.05) is 23.3 Å². The summed E-state index contributed by atoms with van der Waals surface area (Å²) in [7, 11) is 2.99. The number of carbonyl (C=O) groups is 1. The van der Waals surface area contributed by atoms with E-state index >= 15 is 0 Å². The van der Waals surface area contributed by atoms with E-state index < -0.39 is 23.1 Å². The Hall–Kier alpha value is -4.74. The van der Waals surface area contributed by atoms with Crippen molar-refractivity contribution >= 4 is 34.8 Å². The third-order valence-electron chi connectivity index (χ3n) is 6.79. The average molecular weight is 608 g/mol. The first-order valence-corrected chi connectivity index (χ1v) is 13.5. The van der Waals surface area contributed by atoms with Crippen molar-refractivity contribution in [1.82, 2.24) is 19.9 Å². The zero-order chi connectivity index (χ0) is 30.9. The molecule has 9 nitrogen and oxygen atoms in total. The second-order valence-corrected chi connectivity index (χ2v) is 10.6. The van der Waals surface area contributed by atoms with E-state index in [1.54, 1.807) is 74.1 Å². The van der Waals surface area contributed by atoms with E-state index in [0.29, 0.717) is 34.3 Å². The fourth-order valence-electron chi connectivity index (χ4n) is 4.43. The standard InChI is InChI=1S/C31H28ClF2N5O4/c1-31(2,41)20-7-9-25(27(13-20)43-4)36-30-37-28-10-6-18(16-39(28)38-30)17-5-8-21(26(12-17)42-3)29(40)35-15-19-11-23(33)24(34)14-22(19)32/h5-14,16,41H,15H2,1-4H3,(H,35,40)(H,36,38). The molecule has 2 heterocycles. The van der Waals surface area contributed by atoms with Gasteiger partial charge in [0.1, 0.15) is 11.5 Å². The molecule has 0 spiro atoms. The average Bonchev–Trinajstić information content (AvgIpc) is 3.39. The van der Waals surface area contributed by atoms with E-state index in [-0.39, 0.29) is 22.7 Å². The molecule has 2 aromatic heterocycles. The van der Waals surface area contributed by atoms with Gasteiger partial charge in [-0.25, -0.2) is 13.3 Å². The first-order valence-electron chi connectivity index (χ1n) is 13.1. The Morgan fingerprint density at radius 3 is 2.42 bits per heavy atom. The predicted molar refractivity (Wildman–Crippen MR) is 159 cm³/mol. The molecule has 0 aliphatic heterocycles. The minimum absolute atomic E-state index is 0.00570. The summed E-state index contributed by atoms with van der Waals surface area (Å²) < 4.78 is 39.6. The number of aromatic nitrogens is 3. The van der Waals surface area contributed by atoms with Crippen LogP contribution in [0.3, 0.4) is 0 Å². The molecule has 0 saturated carbocycles. The normalized spacial score (nSPS) is 11.4. The molecular weight excluding hydrogens is 580 g/mol. The van der Waals surface area contributed by atoms with Crippen LogP contribution in [0.25, 0.3) is 16.8 Å². The first-order chi connectivity index (χ1) is 20.5. The number of pyridine rings is 1. The van der Waals surface area contributed by atoms with Crippen molar-refractivity contribution in [3.05, 3.63) is 100 Å². The summed E-state index contributed by atoms with van der Waals surface area (Å²) in [5, 5.41) is 20.7. The van der Waals surface area contributed by atoms with Crippen LogP contribution in [-0.4, -0.2) is 39.8 Å². The van der Waals surface area contributed by atoms with Gasteiger partial charge in [0.2, 0.25) is 5.95 Å². The van der Waals surface area contributed by atoms with E-state index in [1.807, 2.05) is 6.07 Å². The van der Waals surface area contributed by atoms with Crippen LogP contribution in [-0.2, 0) is 12.1 Å². The molecular formula is C31H28ClF2N5O4. The van der Waals surface area contributed by atoms with Gasteiger partial charge in [0.15, 0.2) is 17.3 Å². The van der Waals surface area contributed by atoms with E-state index in [0.717, 1.165) is 23.3 Å². The van der Waals surface area contributed by atoms with E-state index in [2.05, 4.69) is 20.7 Å². The van der Waals surface area contributed by atoms with Gasteiger partial charge in [0.05, 0.1) is 31.1 Å². The van der Waals surface area contributed by atoms with Crippen LogP contribution >= 0.6 is 11.6 Å². The fraction of sp³-hybridized carbons (Fsp3) is 0.194. The summed E-state index contributed by atoms with van der Waals surface area (Å²) in [5.41, 5.74) is 2.95. The summed E-state index contributed by atoms with van der Waals surface area (Å²) in [4.78, 5) is 17.4. The lowest BCUT2D eigenvalue weighted by Gasteiger charge is -2.19. The Labute approximate surface area is 251 Å². The highest BCUT2D eigenvalue weighted by Gasteiger charge is 2.19. The Morgan fingerprint density at radius 2 is 1.70 bits per heavy atom. The van der Waals surface area contributed by atoms with Crippen LogP contribution in [0.5, 0.6) is 11.5 Å². The zero-order valence-corrected chi connectivity index (χ0v) is 24.5. The molecule has 0 fully saturated rings. The number of hydrogen-bond acceptors (Lipinski definition) is 7. The van der Waals surface area contributed by atoms with Crippen molar-refractivity contribution in [3.8, 4) is 22.6 Å².